The number of nitrogens with two attached hydrogens (primary N) is 1. The van der Waals surface area contributed by atoms with Gasteiger partial charge in [0.2, 0.25) is 5.91 Å². The molecule has 26 heavy (non-hydrogen) atoms. The number of rotatable bonds is 4. The van der Waals surface area contributed by atoms with Gasteiger partial charge in [-0.1, -0.05) is 31.0 Å². The van der Waals surface area contributed by atoms with Crippen molar-refractivity contribution < 1.29 is 4.79 Å². The van der Waals surface area contributed by atoms with Crippen LogP contribution in [0.15, 0.2) is 11.1 Å². The average molecular weight is 368 g/mol. The van der Waals surface area contributed by atoms with Crippen molar-refractivity contribution in [2.75, 3.05) is 12.8 Å². The lowest BCUT2D eigenvalue weighted by molar-refractivity contribution is -0.133. The lowest BCUT2D eigenvalue weighted by Gasteiger charge is -2.40. The van der Waals surface area contributed by atoms with Crippen LogP contribution in [0.5, 0.6) is 0 Å². The zero-order valence-corrected chi connectivity index (χ0v) is 15.6. The SMILES string of the molecule is CC(Sc1nc(N)c(C#N)cc1C#N)C(=O)N(C)C1(C#N)CCCCC1. The van der Waals surface area contributed by atoms with Gasteiger partial charge >= 0.3 is 0 Å². The molecule has 8 heteroatoms. The molecule has 1 unspecified atom stereocenters. The minimum absolute atomic E-state index is 0.0304. The molecule has 1 atom stereocenters. The first-order chi connectivity index (χ1) is 12.4. The number of carbonyl (C=O) groups excluding carboxylic acids is 1. The molecule has 1 aliphatic rings. The summed E-state index contributed by atoms with van der Waals surface area (Å²) in [4.78, 5) is 18.5. The molecular weight excluding hydrogens is 348 g/mol. The molecule has 0 bridgehead atoms. The Hall–Kier alpha value is -2.76. The van der Waals surface area contributed by atoms with Gasteiger partial charge in [-0.05, 0) is 25.8 Å². The number of carbonyl (C=O) groups is 1. The molecule has 0 spiro atoms. The second-order valence-electron chi connectivity index (χ2n) is 6.36. The van der Waals surface area contributed by atoms with Crippen molar-refractivity contribution in [1.82, 2.24) is 9.88 Å². The maximum Gasteiger partial charge on any atom is 0.236 e. The van der Waals surface area contributed by atoms with Crippen LogP contribution < -0.4 is 5.73 Å². The Bertz CT molecular complexity index is 826. The predicted molar refractivity (Wildman–Crippen MR) is 97.6 cm³/mol. The zero-order valence-electron chi connectivity index (χ0n) is 14.8. The summed E-state index contributed by atoms with van der Waals surface area (Å²) in [6.45, 7) is 1.72. The van der Waals surface area contributed by atoms with Crippen molar-refractivity contribution in [2.24, 2.45) is 0 Å². The van der Waals surface area contributed by atoms with Crippen molar-refractivity contribution in [2.45, 2.75) is 54.8 Å². The third-order valence-corrected chi connectivity index (χ3v) is 5.85. The lowest BCUT2D eigenvalue weighted by atomic mass is 9.81. The van der Waals surface area contributed by atoms with E-state index in [1.54, 1.807) is 18.9 Å². The van der Waals surface area contributed by atoms with Gasteiger partial charge in [-0.3, -0.25) is 4.79 Å². The summed E-state index contributed by atoms with van der Waals surface area (Å²) in [5.74, 6) is -0.158. The molecule has 1 heterocycles. The molecule has 2 rings (SSSR count). The monoisotopic (exact) mass is 368 g/mol. The number of hydrogen-bond acceptors (Lipinski definition) is 7. The number of nitrogen functional groups attached to an aromatic ring is 1. The molecule has 2 N–H and O–H groups in total. The van der Waals surface area contributed by atoms with E-state index in [0.717, 1.165) is 31.0 Å². The number of thioether (sulfide) groups is 1. The third-order valence-electron chi connectivity index (χ3n) is 4.76. The van der Waals surface area contributed by atoms with Gasteiger partial charge in [-0.25, -0.2) is 4.98 Å². The smallest absolute Gasteiger partial charge is 0.236 e. The molecule has 1 saturated carbocycles. The van der Waals surface area contributed by atoms with Crippen molar-refractivity contribution in [3.8, 4) is 18.2 Å². The molecule has 0 aromatic carbocycles. The van der Waals surface area contributed by atoms with Gasteiger partial charge in [-0.2, -0.15) is 15.8 Å². The van der Waals surface area contributed by atoms with Gasteiger partial charge in [0.1, 0.15) is 28.5 Å². The Morgan fingerprint density at radius 2 is 1.88 bits per heavy atom. The van der Waals surface area contributed by atoms with Crippen molar-refractivity contribution in [1.29, 1.82) is 15.8 Å². The Morgan fingerprint density at radius 1 is 1.27 bits per heavy atom. The van der Waals surface area contributed by atoms with Crippen LogP contribution >= 0.6 is 11.8 Å². The van der Waals surface area contributed by atoms with E-state index < -0.39 is 10.8 Å². The van der Waals surface area contributed by atoms with E-state index in [9.17, 15) is 15.3 Å². The van der Waals surface area contributed by atoms with Crippen LogP contribution in [0.2, 0.25) is 0 Å². The number of aromatic nitrogens is 1. The molecule has 134 valence electrons. The summed E-state index contributed by atoms with van der Waals surface area (Å²) in [6.07, 6.45) is 4.29. The highest BCUT2D eigenvalue weighted by molar-refractivity contribution is 8.00. The normalized spacial score (nSPS) is 16.6. The van der Waals surface area contributed by atoms with Crippen LogP contribution in [-0.4, -0.2) is 33.6 Å². The fraction of sp³-hybridized carbons (Fsp3) is 0.500. The van der Waals surface area contributed by atoms with Gasteiger partial charge in [0, 0.05) is 7.05 Å². The highest BCUT2D eigenvalue weighted by Crippen LogP contribution is 2.35. The van der Waals surface area contributed by atoms with Gasteiger partial charge < -0.3 is 10.6 Å². The van der Waals surface area contributed by atoms with Crippen LogP contribution in [-0.2, 0) is 4.79 Å². The number of amides is 1. The summed E-state index contributed by atoms with van der Waals surface area (Å²) < 4.78 is 0. The van der Waals surface area contributed by atoms with E-state index in [1.807, 2.05) is 12.1 Å². The fourth-order valence-corrected chi connectivity index (χ4v) is 4.11. The Balaban J connectivity index is 2.22. The number of pyridine rings is 1. The average Bonchev–Trinajstić information content (AvgIpc) is 2.67. The second-order valence-corrected chi connectivity index (χ2v) is 7.69. The number of nitriles is 3. The number of hydrogen-bond donors (Lipinski definition) is 1. The summed E-state index contributed by atoms with van der Waals surface area (Å²) in [6, 6.07) is 7.59. The van der Waals surface area contributed by atoms with Crippen LogP contribution in [0, 0.1) is 34.0 Å². The summed E-state index contributed by atoms with van der Waals surface area (Å²) in [5, 5.41) is 27.7. The first-order valence-electron chi connectivity index (χ1n) is 8.35. The van der Waals surface area contributed by atoms with Gasteiger partial charge in [0.15, 0.2) is 0 Å². The van der Waals surface area contributed by atoms with Crippen LogP contribution in [0.25, 0.3) is 0 Å². The minimum atomic E-state index is -0.765. The first kappa shape index (κ1) is 19.6. The van der Waals surface area contributed by atoms with Crippen LogP contribution in [0.3, 0.4) is 0 Å². The van der Waals surface area contributed by atoms with E-state index in [2.05, 4.69) is 11.1 Å². The molecule has 0 radical (unpaired) electrons. The lowest BCUT2D eigenvalue weighted by Crippen LogP contribution is -2.52. The molecule has 1 amide bonds. The van der Waals surface area contributed by atoms with E-state index in [1.165, 1.54) is 6.07 Å². The fourth-order valence-electron chi connectivity index (χ4n) is 3.13. The Morgan fingerprint density at radius 3 is 2.42 bits per heavy atom. The largest absolute Gasteiger partial charge is 0.383 e. The molecule has 1 aliphatic carbocycles. The maximum absolute atomic E-state index is 12.9. The summed E-state index contributed by atoms with van der Waals surface area (Å²) in [5.41, 5.74) is 5.30. The van der Waals surface area contributed by atoms with E-state index >= 15 is 0 Å². The highest BCUT2D eigenvalue weighted by Gasteiger charge is 2.40. The third kappa shape index (κ3) is 3.74. The maximum atomic E-state index is 12.9. The van der Waals surface area contributed by atoms with E-state index in [4.69, 9.17) is 11.0 Å². The summed E-state index contributed by atoms with van der Waals surface area (Å²) in [7, 11) is 1.67. The first-order valence-corrected chi connectivity index (χ1v) is 9.23. The van der Waals surface area contributed by atoms with Crippen molar-refractivity contribution >= 4 is 23.5 Å². The van der Waals surface area contributed by atoms with Gasteiger partial charge in [0.05, 0.1) is 22.4 Å². The van der Waals surface area contributed by atoms with Crippen molar-refractivity contribution in [3.05, 3.63) is 17.2 Å². The topological polar surface area (TPSA) is 131 Å². The Labute approximate surface area is 157 Å². The number of anilines is 1. The van der Waals surface area contributed by atoms with E-state index in [-0.39, 0.29) is 22.9 Å². The van der Waals surface area contributed by atoms with Crippen molar-refractivity contribution in [3.63, 3.8) is 0 Å². The standard InChI is InChI=1S/C18H20N6OS/c1-12(17(25)24(2)18(11-21)6-4-3-5-7-18)26-16-14(10-20)8-13(9-19)15(22)23-16/h8,12H,3-7H2,1-2H3,(H2,22,23). The van der Waals surface area contributed by atoms with E-state index in [0.29, 0.717) is 17.9 Å². The quantitative estimate of drug-likeness (QED) is 0.808. The second kappa shape index (κ2) is 8.08. The molecule has 0 aliphatic heterocycles. The molecule has 1 fully saturated rings. The Kier molecular flexibility index (Phi) is 6.08. The molecule has 7 nitrogen and oxygen atoms in total. The molecule has 0 saturated heterocycles. The van der Waals surface area contributed by atoms with Crippen LogP contribution in [0.1, 0.15) is 50.2 Å². The molecular formula is C18H20N6OS. The number of nitrogens with zero attached hydrogens (tertiary/aromatic N) is 5. The highest BCUT2D eigenvalue weighted by atomic mass is 32.2. The summed E-state index contributed by atoms with van der Waals surface area (Å²) >= 11 is 1.11. The minimum Gasteiger partial charge on any atom is -0.383 e. The zero-order chi connectivity index (χ0) is 19.3. The molecule has 1 aromatic rings. The molecule has 1 aromatic heterocycles. The van der Waals surface area contributed by atoms with Crippen LogP contribution in [0.4, 0.5) is 5.82 Å². The van der Waals surface area contributed by atoms with Gasteiger partial charge in [-0.15, -0.1) is 0 Å². The predicted octanol–water partition coefficient (Wildman–Crippen LogP) is 2.57. The van der Waals surface area contributed by atoms with Gasteiger partial charge in [0.25, 0.3) is 0 Å².